The largest absolute Gasteiger partial charge is 2.00 e. The zero-order chi connectivity index (χ0) is 10.1. The third-order valence-corrected chi connectivity index (χ3v) is 2.39. The fourth-order valence-electron chi connectivity index (χ4n) is 1.56. The number of unbranched alkanes of at least 4 members (excludes halogenated alkanes) is 3. The first-order valence-electron chi connectivity index (χ1n) is 5.45. The summed E-state index contributed by atoms with van der Waals surface area (Å²) in [6.45, 7) is 4.21. The molecule has 0 amide bonds. The summed E-state index contributed by atoms with van der Waals surface area (Å²) in [5, 5.41) is 8.86. The molecule has 82 valence electrons. The first kappa shape index (κ1) is 17.1. The maximum absolute atomic E-state index is 10.8. The molecule has 1 atom stereocenters. The molecule has 0 aromatic heterocycles. The number of hydrogen-bond donors (Lipinski definition) is 1. The smallest absolute Gasteiger partial charge is 1.00 e. The van der Waals surface area contributed by atoms with E-state index in [1.807, 2.05) is 6.92 Å². The number of aliphatic carboxylic acids is 1. The molecule has 0 aliphatic rings. The molecule has 1 N–H and O–H groups in total. The van der Waals surface area contributed by atoms with Crippen LogP contribution in [0, 0.1) is 5.92 Å². The van der Waals surface area contributed by atoms with Crippen molar-refractivity contribution in [3.63, 3.8) is 0 Å². The predicted molar refractivity (Wildman–Crippen MR) is 62.8 cm³/mol. The molecule has 0 spiro atoms. The summed E-state index contributed by atoms with van der Waals surface area (Å²) < 4.78 is 0. The van der Waals surface area contributed by atoms with Crippen molar-refractivity contribution < 1.29 is 12.8 Å². The van der Waals surface area contributed by atoms with Crippen LogP contribution in [0.2, 0.25) is 0 Å². The minimum Gasteiger partial charge on any atom is -1.00 e. The molecule has 0 rings (SSSR count). The number of rotatable bonds is 8. The van der Waals surface area contributed by atoms with Gasteiger partial charge in [-0.2, -0.15) is 0 Å². The zero-order valence-corrected chi connectivity index (χ0v) is 11.8. The molecule has 0 bridgehead atoms. The van der Waals surface area contributed by atoms with Gasteiger partial charge in [0, 0.05) is 0 Å². The van der Waals surface area contributed by atoms with Crippen molar-refractivity contribution >= 4 is 43.7 Å². The van der Waals surface area contributed by atoms with E-state index in [0.29, 0.717) is 0 Å². The van der Waals surface area contributed by atoms with Gasteiger partial charge in [0.2, 0.25) is 0 Å². The van der Waals surface area contributed by atoms with E-state index in [9.17, 15) is 4.79 Å². The molecule has 0 saturated heterocycles. The van der Waals surface area contributed by atoms with Crippen molar-refractivity contribution in [3.8, 4) is 0 Å². The van der Waals surface area contributed by atoms with E-state index in [0.717, 1.165) is 25.7 Å². The van der Waals surface area contributed by atoms with Crippen LogP contribution < -0.4 is 0 Å². The van der Waals surface area contributed by atoms with Gasteiger partial charge in [0.1, 0.15) is 0 Å². The van der Waals surface area contributed by atoms with Crippen molar-refractivity contribution in [2.45, 2.75) is 58.8 Å². The molecule has 0 aromatic carbocycles. The monoisotopic (exact) mass is 228 g/mol. The van der Waals surface area contributed by atoms with Gasteiger partial charge >= 0.3 is 43.7 Å². The number of carboxylic acid groups (broad SMARTS) is 1. The van der Waals surface area contributed by atoms with E-state index in [1.165, 1.54) is 19.3 Å². The van der Waals surface area contributed by atoms with Crippen LogP contribution >= 0.6 is 0 Å². The van der Waals surface area contributed by atoms with E-state index in [2.05, 4.69) is 6.92 Å². The maximum Gasteiger partial charge on any atom is 2.00 e. The van der Waals surface area contributed by atoms with Crippen LogP contribution in [0.25, 0.3) is 0 Å². The Balaban J connectivity index is -0.000000240. The number of carbonyl (C=O) groups is 1. The van der Waals surface area contributed by atoms with Gasteiger partial charge in [-0.15, -0.1) is 0 Å². The minimum absolute atomic E-state index is 0. The van der Waals surface area contributed by atoms with E-state index in [4.69, 9.17) is 5.11 Å². The second kappa shape index (κ2) is 11.8. The van der Waals surface area contributed by atoms with Crippen molar-refractivity contribution in [1.29, 1.82) is 0 Å². The van der Waals surface area contributed by atoms with Gasteiger partial charge in [-0.25, -0.2) is 0 Å². The quantitative estimate of drug-likeness (QED) is 0.511. The molecule has 2 nitrogen and oxygen atoms in total. The van der Waals surface area contributed by atoms with E-state index < -0.39 is 5.97 Å². The molecule has 0 aliphatic heterocycles. The summed E-state index contributed by atoms with van der Waals surface area (Å²) in [6, 6.07) is 0. The van der Waals surface area contributed by atoms with Crippen LogP contribution in [0.5, 0.6) is 0 Å². The summed E-state index contributed by atoms with van der Waals surface area (Å²) in [5.74, 6) is -0.708. The second-order valence-electron chi connectivity index (χ2n) is 3.67. The van der Waals surface area contributed by atoms with Gasteiger partial charge in [0.25, 0.3) is 0 Å². The SMILES string of the molecule is CCCCCC[C@@H](CCC)C(=O)O.[Ca+2].[H-].[H-]. The third-order valence-electron chi connectivity index (χ3n) is 2.39. The van der Waals surface area contributed by atoms with Crippen molar-refractivity contribution in [2.75, 3.05) is 0 Å². The molecule has 3 heteroatoms. The summed E-state index contributed by atoms with van der Waals surface area (Å²) in [6.07, 6.45) is 7.38. The first-order valence-corrected chi connectivity index (χ1v) is 5.45. The van der Waals surface area contributed by atoms with E-state index >= 15 is 0 Å². The van der Waals surface area contributed by atoms with Crippen LogP contribution in [0.3, 0.4) is 0 Å². The maximum atomic E-state index is 10.8. The third kappa shape index (κ3) is 9.29. The summed E-state index contributed by atoms with van der Waals surface area (Å²) in [7, 11) is 0. The fourth-order valence-corrected chi connectivity index (χ4v) is 1.56. The zero-order valence-electron chi connectivity index (χ0n) is 11.6. The summed E-state index contributed by atoms with van der Waals surface area (Å²) in [4.78, 5) is 10.8. The molecule has 0 heterocycles. The summed E-state index contributed by atoms with van der Waals surface area (Å²) in [5.41, 5.74) is 0. The van der Waals surface area contributed by atoms with Crippen molar-refractivity contribution in [1.82, 2.24) is 0 Å². The summed E-state index contributed by atoms with van der Waals surface area (Å²) >= 11 is 0. The van der Waals surface area contributed by atoms with Gasteiger partial charge in [0.05, 0.1) is 5.92 Å². The van der Waals surface area contributed by atoms with E-state index in [1.54, 1.807) is 0 Å². The van der Waals surface area contributed by atoms with Crippen LogP contribution in [-0.4, -0.2) is 48.8 Å². The number of carboxylic acids is 1. The molecule has 14 heavy (non-hydrogen) atoms. The van der Waals surface area contributed by atoms with E-state index in [-0.39, 0.29) is 46.5 Å². The Morgan fingerprint density at radius 3 is 2.21 bits per heavy atom. The molecule has 0 aliphatic carbocycles. The molecule has 0 radical (unpaired) electrons. The Morgan fingerprint density at radius 2 is 1.79 bits per heavy atom. The Bertz CT molecular complexity index is 146. The second-order valence-corrected chi connectivity index (χ2v) is 3.67. The Hall–Kier alpha value is 0.730. The average molecular weight is 228 g/mol. The number of hydrogen-bond acceptors (Lipinski definition) is 1. The van der Waals surface area contributed by atoms with Gasteiger partial charge in [-0.1, -0.05) is 46.0 Å². The van der Waals surface area contributed by atoms with Crippen LogP contribution in [-0.2, 0) is 4.79 Å². The average Bonchev–Trinajstić information content (AvgIpc) is 2.10. The molecule has 0 saturated carbocycles. The molecule has 0 fully saturated rings. The normalized spacial score (nSPS) is 11.9. The minimum atomic E-state index is -0.613. The topological polar surface area (TPSA) is 37.3 Å². The standard InChI is InChI=1S/C11H22O2.Ca.2H/c1-3-5-6-7-9-10(8-4-2)11(12)13;;;/h10H,3-9H2,1-2H3,(H,12,13);;;/q;+2;2*-1/t10-;;;/m1.../s1. The Labute approximate surface area is 120 Å². The molecular formula is C11H24CaO2. The molecule has 0 aromatic rings. The van der Waals surface area contributed by atoms with Crippen molar-refractivity contribution in [2.24, 2.45) is 5.92 Å². The molecule has 0 unspecified atom stereocenters. The first-order chi connectivity index (χ1) is 6.22. The van der Waals surface area contributed by atoms with Crippen LogP contribution in [0.4, 0.5) is 0 Å². The molecular weight excluding hydrogens is 204 g/mol. The van der Waals surface area contributed by atoms with Crippen LogP contribution in [0.1, 0.15) is 61.6 Å². The van der Waals surface area contributed by atoms with Crippen LogP contribution in [0.15, 0.2) is 0 Å². The Morgan fingerprint density at radius 1 is 1.14 bits per heavy atom. The van der Waals surface area contributed by atoms with Crippen molar-refractivity contribution in [3.05, 3.63) is 0 Å². The fraction of sp³-hybridized carbons (Fsp3) is 0.909. The predicted octanol–water partition coefficient (Wildman–Crippen LogP) is 3.30. The van der Waals surface area contributed by atoms with Gasteiger partial charge < -0.3 is 7.96 Å². The van der Waals surface area contributed by atoms with Gasteiger partial charge in [0.15, 0.2) is 0 Å². The Kier molecular flexibility index (Phi) is 14.4. The van der Waals surface area contributed by atoms with Gasteiger partial charge in [-0.3, -0.25) is 4.79 Å². The van der Waals surface area contributed by atoms with Gasteiger partial charge in [-0.05, 0) is 12.8 Å².